The molecule has 1 aromatic carbocycles. The fourth-order valence-corrected chi connectivity index (χ4v) is 3.55. The van der Waals surface area contributed by atoms with Gasteiger partial charge in [0.1, 0.15) is 5.65 Å². The molecule has 0 aliphatic heterocycles. The van der Waals surface area contributed by atoms with E-state index >= 15 is 0 Å². The van der Waals surface area contributed by atoms with Crippen molar-refractivity contribution in [3.05, 3.63) is 64.1 Å². The molecule has 0 aliphatic carbocycles. The van der Waals surface area contributed by atoms with Crippen LogP contribution in [0.4, 0.5) is 5.69 Å². The van der Waals surface area contributed by atoms with Gasteiger partial charge in [-0.15, -0.1) is 0 Å². The standard InChI is InChI=1S/C17H16IN3OS/c18-13-4-3-5-14(10-13)20-17(22)7-9-23-12-15-11-21-8-2-1-6-16(21)19-15/h1-6,8,10-11H,7,9,12H2,(H,20,22). The van der Waals surface area contributed by atoms with Gasteiger partial charge in [-0.3, -0.25) is 4.79 Å². The molecule has 4 nitrogen and oxygen atoms in total. The lowest BCUT2D eigenvalue weighted by molar-refractivity contribution is -0.115. The Bertz CT molecular complexity index is 785. The Morgan fingerprint density at radius 2 is 2.17 bits per heavy atom. The summed E-state index contributed by atoms with van der Waals surface area (Å²) in [6.07, 6.45) is 4.53. The maximum atomic E-state index is 11.9. The van der Waals surface area contributed by atoms with Crippen LogP contribution < -0.4 is 5.32 Å². The Balaban J connectivity index is 1.43. The normalized spacial score (nSPS) is 10.8. The van der Waals surface area contributed by atoms with E-state index < -0.39 is 0 Å². The van der Waals surface area contributed by atoms with E-state index in [0.717, 1.165) is 32.1 Å². The topological polar surface area (TPSA) is 46.4 Å². The van der Waals surface area contributed by atoms with Crippen LogP contribution in [0.1, 0.15) is 12.1 Å². The number of fused-ring (bicyclic) bond motifs is 1. The highest BCUT2D eigenvalue weighted by Crippen LogP contribution is 2.15. The van der Waals surface area contributed by atoms with Crippen molar-refractivity contribution in [3.8, 4) is 0 Å². The monoisotopic (exact) mass is 437 g/mol. The minimum Gasteiger partial charge on any atom is -0.326 e. The van der Waals surface area contributed by atoms with Gasteiger partial charge in [0.15, 0.2) is 0 Å². The average Bonchev–Trinajstić information content (AvgIpc) is 2.94. The molecule has 6 heteroatoms. The summed E-state index contributed by atoms with van der Waals surface area (Å²) in [7, 11) is 0. The van der Waals surface area contributed by atoms with Gasteiger partial charge in [-0.2, -0.15) is 11.8 Å². The maximum absolute atomic E-state index is 11.9. The Morgan fingerprint density at radius 3 is 3.00 bits per heavy atom. The van der Waals surface area contributed by atoms with Crippen molar-refractivity contribution in [2.45, 2.75) is 12.2 Å². The second-order valence-corrected chi connectivity index (χ2v) is 7.41. The lowest BCUT2D eigenvalue weighted by Crippen LogP contribution is -2.12. The molecule has 1 N–H and O–H groups in total. The summed E-state index contributed by atoms with van der Waals surface area (Å²) in [5.41, 5.74) is 2.85. The number of hydrogen-bond acceptors (Lipinski definition) is 3. The molecule has 3 aromatic rings. The van der Waals surface area contributed by atoms with Crippen molar-refractivity contribution < 1.29 is 4.79 Å². The number of nitrogens with zero attached hydrogens (tertiary/aromatic N) is 2. The Hall–Kier alpha value is -1.54. The molecule has 0 unspecified atom stereocenters. The van der Waals surface area contributed by atoms with E-state index in [0.29, 0.717) is 6.42 Å². The van der Waals surface area contributed by atoms with Crippen LogP contribution in [0.15, 0.2) is 54.9 Å². The van der Waals surface area contributed by atoms with Crippen LogP contribution in [0.3, 0.4) is 0 Å². The quantitative estimate of drug-likeness (QED) is 0.465. The first kappa shape index (κ1) is 16.3. The summed E-state index contributed by atoms with van der Waals surface area (Å²) in [6, 6.07) is 13.8. The zero-order chi connectivity index (χ0) is 16.1. The average molecular weight is 437 g/mol. The van der Waals surface area contributed by atoms with Crippen molar-refractivity contribution in [1.29, 1.82) is 0 Å². The van der Waals surface area contributed by atoms with E-state index in [1.54, 1.807) is 11.8 Å². The molecule has 2 heterocycles. The van der Waals surface area contributed by atoms with E-state index in [1.165, 1.54) is 0 Å². The molecule has 0 saturated heterocycles. The Kier molecular flexibility index (Phi) is 5.56. The number of anilines is 1. The largest absolute Gasteiger partial charge is 0.326 e. The van der Waals surface area contributed by atoms with Crippen molar-refractivity contribution in [1.82, 2.24) is 9.38 Å². The zero-order valence-corrected chi connectivity index (χ0v) is 15.4. The van der Waals surface area contributed by atoms with E-state index in [2.05, 4.69) is 32.9 Å². The fourth-order valence-electron chi connectivity index (χ4n) is 2.19. The zero-order valence-electron chi connectivity index (χ0n) is 12.4. The molecule has 2 aromatic heterocycles. The molecule has 0 fully saturated rings. The number of aromatic nitrogens is 2. The van der Waals surface area contributed by atoms with Gasteiger partial charge in [-0.1, -0.05) is 12.1 Å². The predicted molar refractivity (Wildman–Crippen MR) is 104 cm³/mol. The number of nitrogens with one attached hydrogen (secondary N) is 1. The van der Waals surface area contributed by atoms with Crippen LogP contribution in [-0.2, 0) is 10.5 Å². The summed E-state index contributed by atoms with van der Waals surface area (Å²) < 4.78 is 3.13. The van der Waals surface area contributed by atoms with E-state index in [4.69, 9.17) is 0 Å². The molecule has 23 heavy (non-hydrogen) atoms. The smallest absolute Gasteiger partial charge is 0.225 e. The molecule has 0 aliphatic rings. The number of benzene rings is 1. The van der Waals surface area contributed by atoms with Crippen molar-refractivity contribution in [2.24, 2.45) is 0 Å². The first-order chi connectivity index (χ1) is 11.2. The number of halogens is 1. The molecular formula is C17H16IN3OS. The number of thioether (sulfide) groups is 1. The molecule has 0 bridgehead atoms. The van der Waals surface area contributed by atoms with Gasteiger partial charge in [-0.05, 0) is 52.9 Å². The number of rotatable bonds is 6. The van der Waals surface area contributed by atoms with Gasteiger partial charge in [-0.25, -0.2) is 4.98 Å². The highest BCUT2D eigenvalue weighted by Gasteiger charge is 2.05. The number of hydrogen-bond donors (Lipinski definition) is 1. The second kappa shape index (κ2) is 7.83. The van der Waals surface area contributed by atoms with Gasteiger partial charge in [0.05, 0.1) is 5.69 Å². The molecule has 1 amide bonds. The number of pyridine rings is 1. The lowest BCUT2D eigenvalue weighted by Gasteiger charge is -2.05. The van der Waals surface area contributed by atoms with Crippen LogP contribution >= 0.6 is 34.4 Å². The van der Waals surface area contributed by atoms with Gasteiger partial charge in [0.25, 0.3) is 0 Å². The van der Waals surface area contributed by atoms with Gasteiger partial charge in [0, 0.05) is 39.6 Å². The number of amides is 1. The number of carbonyl (C=O) groups excluding carboxylic acids is 1. The molecule has 0 atom stereocenters. The highest BCUT2D eigenvalue weighted by molar-refractivity contribution is 14.1. The Labute approximate surface area is 152 Å². The Morgan fingerprint density at radius 1 is 1.26 bits per heavy atom. The molecule has 3 rings (SSSR count). The van der Waals surface area contributed by atoms with Gasteiger partial charge in [0.2, 0.25) is 5.91 Å². The molecule has 118 valence electrons. The van der Waals surface area contributed by atoms with Gasteiger partial charge < -0.3 is 9.72 Å². The first-order valence-electron chi connectivity index (χ1n) is 7.26. The van der Waals surface area contributed by atoms with E-state index in [1.807, 2.05) is 59.3 Å². The molecule has 0 spiro atoms. The van der Waals surface area contributed by atoms with E-state index in [-0.39, 0.29) is 5.91 Å². The summed E-state index contributed by atoms with van der Waals surface area (Å²) in [4.78, 5) is 16.5. The van der Waals surface area contributed by atoms with Crippen LogP contribution in [0.5, 0.6) is 0 Å². The lowest BCUT2D eigenvalue weighted by atomic mass is 10.3. The van der Waals surface area contributed by atoms with Crippen molar-refractivity contribution in [3.63, 3.8) is 0 Å². The van der Waals surface area contributed by atoms with Crippen LogP contribution in [0.2, 0.25) is 0 Å². The number of carbonyl (C=O) groups is 1. The summed E-state index contributed by atoms with van der Waals surface area (Å²) in [5.74, 6) is 1.65. The first-order valence-corrected chi connectivity index (χ1v) is 9.50. The summed E-state index contributed by atoms with van der Waals surface area (Å²) in [5, 5.41) is 2.93. The predicted octanol–water partition coefficient (Wildman–Crippen LogP) is 4.20. The van der Waals surface area contributed by atoms with Crippen LogP contribution in [-0.4, -0.2) is 21.0 Å². The third kappa shape index (κ3) is 4.71. The van der Waals surface area contributed by atoms with Gasteiger partial charge >= 0.3 is 0 Å². The summed E-state index contributed by atoms with van der Waals surface area (Å²) in [6.45, 7) is 0. The highest BCUT2D eigenvalue weighted by atomic mass is 127. The number of imidazole rings is 1. The minimum absolute atomic E-state index is 0.0505. The minimum atomic E-state index is 0.0505. The molecule has 0 radical (unpaired) electrons. The fraction of sp³-hybridized carbons (Fsp3) is 0.176. The third-order valence-corrected chi connectivity index (χ3v) is 4.91. The molecule has 0 saturated carbocycles. The second-order valence-electron chi connectivity index (χ2n) is 5.06. The maximum Gasteiger partial charge on any atom is 0.225 e. The summed E-state index contributed by atoms with van der Waals surface area (Å²) >= 11 is 3.96. The third-order valence-electron chi connectivity index (χ3n) is 3.25. The van der Waals surface area contributed by atoms with Crippen LogP contribution in [0, 0.1) is 3.57 Å². The molecular weight excluding hydrogens is 421 g/mol. The SMILES string of the molecule is O=C(CCSCc1cn2ccccc2n1)Nc1cccc(I)c1. The van der Waals surface area contributed by atoms with Crippen molar-refractivity contribution >= 4 is 51.6 Å². The van der Waals surface area contributed by atoms with Crippen LogP contribution in [0.25, 0.3) is 5.65 Å². The van der Waals surface area contributed by atoms with Crippen molar-refractivity contribution in [2.75, 3.05) is 11.1 Å². The van der Waals surface area contributed by atoms with E-state index in [9.17, 15) is 4.79 Å².